The molecule has 1 aliphatic heterocycles. The topological polar surface area (TPSA) is 44.1 Å². The van der Waals surface area contributed by atoms with Gasteiger partial charge in [-0.3, -0.25) is 9.36 Å². The van der Waals surface area contributed by atoms with Crippen molar-refractivity contribution in [3.63, 3.8) is 0 Å². The van der Waals surface area contributed by atoms with Gasteiger partial charge in [-0.25, -0.2) is 4.98 Å². The van der Waals surface area contributed by atoms with Gasteiger partial charge in [-0.15, -0.1) is 11.6 Å². The normalized spacial score (nSPS) is 21.6. The fraction of sp³-hybridized carbons (Fsp3) is 0.500. The Morgan fingerprint density at radius 3 is 2.81 bits per heavy atom. The predicted octanol–water partition coefficient (Wildman–Crippen LogP) is 3.29. The Morgan fingerprint density at radius 2 is 2.14 bits per heavy atom. The van der Waals surface area contributed by atoms with E-state index in [0.717, 1.165) is 13.0 Å². The maximum atomic E-state index is 12.9. The number of halogens is 1. The summed E-state index contributed by atoms with van der Waals surface area (Å²) in [4.78, 5) is 17.5. The molecule has 21 heavy (non-hydrogen) atoms. The summed E-state index contributed by atoms with van der Waals surface area (Å²) >= 11 is 6.28. The van der Waals surface area contributed by atoms with Gasteiger partial charge in [0.25, 0.3) is 5.56 Å². The van der Waals surface area contributed by atoms with Crippen LogP contribution in [0, 0.1) is 5.92 Å². The minimum Gasteiger partial charge on any atom is -0.381 e. The second-order valence-corrected chi connectivity index (χ2v) is 6.30. The molecule has 1 aromatic heterocycles. The van der Waals surface area contributed by atoms with E-state index in [-0.39, 0.29) is 17.0 Å². The number of para-hydroxylation sites is 1. The molecule has 1 aromatic carbocycles. The molecule has 5 heteroatoms. The Kier molecular flexibility index (Phi) is 4.00. The van der Waals surface area contributed by atoms with Crippen molar-refractivity contribution in [1.29, 1.82) is 0 Å². The van der Waals surface area contributed by atoms with Crippen molar-refractivity contribution in [1.82, 2.24) is 9.55 Å². The van der Waals surface area contributed by atoms with Crippen LogP contribution < -0.4 is 5.56 Å². The first kappa shape index (κ1) is 14.5. The first-order valence-electron chi connectivity index (χ1n) is 7.32. The van der Waals surface area contributed by atoms with Gasteiger partial charge in [-0.2, -0.15) is 0 Å². The van der Waals surface area contributed by atoms with E-state index in [1.807, 2.05) is 31.2 Å². The van der Waals surface area contributed by atoms with Crippen LogP contribution in [0.5, 0.6) is 0 Å². The molecule has 1 fully saturated rings. The molecule has 4 nitrogen and oxygen atoms in total. The van der Waals surface area contributed by atoms with Crippen LogP contribution in [0.1, 0.15) is 37.5 Å². The molecule has 0 aliphatic carbocycles. The zero-order chi connectivity index (χ0) is 15.0. The molecule has 0 amide bonds. The van der Waals surface area contributed by atoms with Crippen molar-refractivity contribution >= 4 is 22.5 Å². The van der Waals surface area contributed by atoms with Crippen LogP contribution in [0.15, 0.2) is 29.1 Å². The van der Waals surface area contributed by atoms with Gasteiger partial charge in [-0.1, -0.05) is 12.1 Å². The lowest BCUT2D eigenvalue weighted by Crippen LogP contribution is -2.32. The molecule has 0 saturated carbocycles. The van der Waals surface area contributed by atoms with Crippen LogP contribution in [-0.2, 0) is 4.74 Å². The van der Waals surface area contributed by atoms with Crippen LogP contribution in [0.25, 0.3) is 10.9 Å². The molecular formula is C16H19ClN2O2. The third-order valence-electron chi connectivity index (χ3n) is 4.25. The summed E-state index contributed by atoms with van der Waals surface area (Å²) in [7, 11) is 0. The van der Waals surface area contributed by atoms with Crippen molar-refractivity contribution in [2.75, 3.05) is 13.2 Å². The highest BCUT2D eigenvalue weighted by molar-refractivity contribution is 6.20. The summed E-state index contributed by atoms with van der Waals surface area (Å²) in [6.45, 7) is 5.36. The minimum atomic E-state index is -0.313. The van der Waals surface area contributed by atoms with Crippen LogP contribution in [-0.4, -0.2) is 22.8 Å². The van der Waals surface area contributed by atoms with Crippen molar-refractivity contribution in [3.8, 4) is 0 Å². The summed E-state index contributed by atoms with van der Waals surface area (Å²) in [5, 5.41) is 0.330. The van der Waals surface area contributed by atoms with Crippen molar-refractivity contribution in [3.05, 3.63) is 40.4 Å². The monoisotopic (exact) mass is 306 g/mol. The van der Waals surface area contributed by atoms with E-state index in [1.165, 1.54) is 0 Å². The minimum absolute atomic E-state index is 0.0116. The lowest BCUT2D eigenvalue weighted by molar-refractivity contribution is 0.174. The fourth-order valence-electron chi connectivity index (χ4n) is 2.98. The van der Waals surface area contributed by atoms with E-state index < -0.39 is 0 Å². The Labute approximate surface area is 128 Å². The Balaban J connectivity index is 2.21. The Morgan fingerprint density at radius 1 is 1.38 bits per heavy atom. The summed E-state index contributed by atoms with van der Waals surface area (Å²) in [6.07, 6.45) is 0.969. The number of ether oxygens (including phenoxy) is 1. The molecular weight excluding hydrogens is 288 g/mol. The molecule has 0 bridgehead atoms. The van der Waals surface area contributed by atoms with Crippen LogP contribution in [0.4, 0.5) is 0 Å². The molecule has 2 aromatic rings. The smallest absolute Gasteiger partial charge is 0.261 e. The highest BCUT2D eigenvalue weighted by Gasteiger charge is 2.27. The third-order valence-corrected chi connectivity index (χ3v) is 4.44. The van der Waals surface area contributed by atoms with Crippen LogP contribution >= 0.6 is 11.6 Å². The molecule has 0 radical (unpaired) electrons. The number of rotatable bonds is 3. The average Bonchev–Trinajstić information content (AvgIpc) is 3.00. The lowest BCUT2D eigenvalue weighted by Gasteiger charge is -2.24. The van der Waals surface area contributed by atoms with Gasteiger partial charge in [0, 0.05) is 18.6 Å². The number of fused-ring (bicyclic) bond motifs is 1. The van der Waals surface area contributed by atoms with E-state index in [0.29, 0.717) is 29.3 Å². The molecule has 3 unspecified atom stereocenters. The van der Waals surface area contributed by atoms with E-state index in [1.54, 1.807) is 4.57 Å². The molecule has 1 aliphatic rings. The first-order chi connectivity index (χ1) is 10.1. The first-order valence-corrected chi connectivity index (χ1v) is 7.76. The largest absolute Gasteiger partial charge is 0.381 e. The fourth-order valence-corrected chi connectivity index (χ4v) is 3.14. The summed E-state index contributed by atoms with van der Waals surface area (Å²) in [6, 6.07) is 7.46. The van der Waals surface area contributed by atoms with Gasteiger partial charge in [0.2, 0.25) is 0 Å². The maximum Gasteiger partial charge on any atom is 0.261 e. The van der Waals surface area contributed by atoms with E-state index in [2.05, 4.69) is 11.9 Å². The molecule has 0 spiro atoms. The van der Waals surface area contributed by atoms with Gasteiger partial charge >= 0.3 is 0 Å². The lowest BCUT2D eigenvalue weighted by atomic mass is 10.00. The molecule has 2 heterocycles. The number of benzene rings is 1. The summed E-state index contributed by atoms with van der Waals surface area (Å²) < 4.78 is 7.22. The van der Waals surface area contributed by atoms with Crippen LogP contribution in [0.3, 0.4) is 0 Å². The molecule has 3 atom stereocenters. The highest BCUT2D eigenvalue weighted by atomic mass is 35.5. The standard InChI is InChI=1S/C16H19ClN2O2/c1-10(17)15-18-14-6-4-3-5-13(14)16(20)19(15)11(2)12-7-8-21-9-12/h3-6,10-12H,7-9H2,1-2H3. The third kappa shape index (κ3) is 2.58. The predicted molar refractivity (Wildman–Crippen MR) is 83.9 cm³/mol. The number of hydrogen-bond acceptors (Lipinski definition) is 3. The number of alkyl halides is 1. The SMILES string of the molecule is CC(Cl)c1nc2ccccc2c(=O)n1C(C)C1CCOC1. The summed E-state index contributed by atoms with van der Waals surface area (Å²) in [5.41, 5.74) is 0.693. The van der Waals surface area contributed by atoms with Gasteiger partial charge in [0.15, 0.2) is 0 Å². The average molecular weight is 307 g/mol. The zero-order valence-electron chi connectivity index (χ0n) is 12.3. The molecule has 0 N–H and O–H groups in total. The van der Waals surface area contributed by atoms with E-state index in [9.17, 15) is 4.79 Å². The van der Waals surface area contributed by atoms with E-state index >= 15 is 0 Å². The quantitative estimate of drug-likeness (QED) is 0.817. The van der Waals surface area contributed by atoms with Gasteiger partial charge < -0.3 is 4.74 Å². The number of nitrogens with zero attached hydrogens (tertiary/aromatic N) is 2. The summed E-state index contributed by atoms with van der Waals surface area (Å²) in [5.74, 6) is 0.972. The van der Waals surface area contributed by atoms with Gasteiger partial charge in [0.1, 0.15) is 5.82 Å². The number of hydrogen-bond donors (Lipinski definition) is 0. The van der Waals surface area contributed by atoms with Crippen molar-refractivity contribution < 1.29 is 4.74 Å². The maximum absolute atomic E-state index is 12.9. The number of aromatic nitrogens is 2. The van der Waals surface area contributed by atoms with E-state index in [4.69, 9.17) is 16.3 Å². The van der Waals surface area contributed by atoms with Crippen molar-refractivity contribution in [2.24, 2.45) is 5.92 Å². The Bertz CT molecular complexity index is 705. The zero-order valence-corrected chi connectivity index (χ0v) is 13.0. The highest BCUT2D eigenvalue weighted by Crippen LogP contribution is 2.29. The second kappa shape index (κ2) is 5.78. The molecule has 3 rings (SSSR count). The molecule has 1 saturated heterocycles. The van der Waals surface area contributed by atoms with Gasteiger partial charge in [-0.05, 0) is 32.4 Å². The second-order valence-electron chi connectivity index (χ2n) is 5.64. The Hall–Kier alpha value is -1.39. The van der Waals surface area contributed by atoms with Crippen LogP contribution in [0.2, 0.25) is 0 Å². The van der Waals surface area contributed by atoms with Crippen molar-refractivity contribution in [2.45, 2.75) is 31.7 Å². The van der Waals surface area contributed by atoms with Gasteiger partial charge in [0.05, 0.1) is 22.9 Å². The molecule has 112 valence electrons.